The van der Waals surface area contributed by atoms with Gasteiger partial charge in [-0.2, -0.15) is 0 Å². The molecule has 6 heteroatoms. The molecule has 0 aliphatic carbocycles. The summed E-state index contributed by atoms with van der Waals surface area (Å²) >= 11 is 0. The molecule has 0 heterocycles. The Morgan fingerprint density at radius 1 is 0.290 bits per heavy atom. The van der Waals surface area contributed by atoms with Crippen LogP contribution in [0.2, 0.25) is 0 Å². The molecule has 0 rings (SSSR count). The SMILES string of the molecule is CCC(C)CCCCCCCCCCCCCCCCCCCCC(=O)OC[C@H](COC(=O)CCCCCCCCCCCCCCC(C)C)OC(=O)CCCCCCCCCCCCCC(C)C. The first-order valence-electron chi connectivity index (χ1n) is 31.1. The predicted molar refractivity (Wildman–Crippen MR) is 298 cm³/mol. The van der Waals surface area contributed by atoms with Gasteiger partial charge in [-0.3, -0.25) is 14.4 Å². The van der Waals surface area contributed by atoms with Gasteiger partial charge in [0.15, 0.2) is 6.10 Å². The van der Waals surface area contributed by atoms with Crippen molar-refractivity contribution in [1.82, 2.24) is 0 Å². The van der Waals surface area contributed by atoms with Gasteiger partial charge in [0.1, 0.15) is 13.2 Å². The molecule has 0 aromatic carbocycles. The van der Waals surface area contributed by atoms with E-state index >= 15 is 0 Å². The maximum Gasteiger partial charge on any atom is 0.306 e. The minimum atomic E-state index is -0.764. The highest BCUT2D eigenvalue weighted by atomic mass is 16.6. The van der Waals surface area contributed by atoms with Crippen molar-refractivity contribution in [1.29, 1.82) is 0 Å². The maximum atomic E-state index is 12.9. The third kappa shape index (κ3) is 55.6. The molecule has 0 N–H and O–H groups in total. The van der Waals surface area contributed by atoms with Crippen molar-refractivity contribution in [2.75, 3.05) is 13.2 Å². The minimum absolute atomic E-state index is 0.0630. The van der Waals surface area contributed by atoms with E-state index in [0.717, 1.165) is 75.5 Å². The normalized spacial score (nSPS) is 12.5. The molecule has 0 saturated carbocycles. The molecule has 0 amide bonds. The first kappa shape index (κ1) is 67.4. The van der Waals surface area contributed by atoms with E-state index < -0.39 is 6.10 Å². The van der Waals surface area contributed by atoms with Crippen LogP contribution in [0, 0.1) is 17.8 Å². The Bertz CT molecular complexity index is 1070. The van der Waals surface area contributed by atoms with Crippen LogP contribution in [0.5, 0.6) is 0 Å². The van der Waals surface area contributed by atoms with Gasteiger partial charge >= 0.3 is 17.9 Å². The Balaban J connectivity index is 4.24. The van der Waals surface area contributed by atoms with Crippen LogP contribution in [0.25, 0.3) is 0 Å². The Kier molecular flexibility index (Phi) is 52.9. The lowest BCUT2D eigenvalue weighted by molar-refractivity contribution is -0.167. The van der Waals surface area contributed by atoms with Gasteiger partial charge in [0.25, 0.3) is 0 Å². The number of hydrogen-bond donors (Lipinski definition) is 0. The summed E-state index contributed by atoms with van der Waals surface area (Å²) in [6, 6.07) is 0. The molecule has 410 valence electrons. The van der Waals surface area contributed by atoms with Gasteiger partial charge in [0.05, 0.1) is 0 Å². The summed E-state index contributed by atoms with van der Waals surface area (Å²) in [5, 5.41) is 0. The highest BCUT2D eigenvalue weighted by Gasteiger charge is 2.19. The van der Waals surface area contributed by atoms with Crippen molar-refractivity contribution in [2.24, 2.45) is 17.8 Å². The molecule has 0 radical (unpaired) electrons. The van der Waals surface area contributed by atoms with E-state index in [0.29, 0.717) is 19.3 Å². The van der Waals surface area contributed by atoms with Crippen LogP contribution in [-0.2, 0) is 28.6 Å². The van der Waals surface area contributed by atoms with Gasteiger partial charge in [-0.1, -0.05) is 311 Å². The second kappa shape index (κ2) is 54.2. The molecule has 0 bridgehead atoms. The van der Waals surface area contributed by atoms with Crippen molar-refractivity contribution in [3.63, 3.8) is 0 Å². The van der Waals surface area contributed by atoms with Crippen LogP contribution in [-0.4, -0.2) is 37.2 Å². The van der Waals surface area contributed by atoms with Crippen LogP contribution >= 0.6 is 0 Å². The molecule has 0 saturated heterocycles. The van der Waals surface area contributed by atoms with E-state index in [4.69, 9.17) is 14.2 Å². The monoisotopic (exact) mass is 975 g/mol. The average Bonchev–Trinajstić information content (AvgIpc) is 3.32. The van der Waals surface area contributed by atoms with Crippen LogP contribution in [0.1, 0.15) is 350 Å². The lowest BCUT2D eigenvalue weighted by Gasteiger charge is -2.18. The standard InChI is InChI=1S/C63H122O6/c1-7-59(6)51-45-39-33-27-21-14-12-10-8-9-11-13-15-22-28-34-40-46-52-61(64)67-55-60(69-63(66)54-48-42-36-30-24-18-20-26-32-38-44-50-58(4)5)56-68-62(65)53-47-41-35-29-23-17-16-19-25-31-37-43-49-57(2)3/h57-60H,7-56H2,1-6H3/t59?,60-/m1/s1. The number of carbonyl (C=O) groups excluding carboxylic acids is 3. The van der Waals surface area contributed by atoms with Gasteiger partial charge in [0.2, 0.25) is 0 Å². The molecule has 2 atom stereocenters. The maximum absolute atomic E-state index is 12.9. The summed E-state index contributed by atoms with van der Waals surface area (Å²) in [7, 11) is 0. The summed E-state index contributed by atoms with van der Waals surface area (Å²) in [5.41, 5.74) is 0. The van der Waals surface area contributed by atoms with Crippen LogP contribution in [0.15, 0.2) is 0 Å². The first-order chi connectivity index (χ1) is 33.6. The second-order valence-electron chi connectivity index (χ2n) is 22.9. The van der Waals surface area contributed by atoms with Gasteiger partial charge in [-0.15, -0.1) is 0 Å². The molecule has 0 spiro atoms. The summed E-state index contributed by atoms with van der Waals surface area (Å²) in [6.45, 7) is 13.8. The van der Waals surface area contributed by atoms with Crippen molar-refractivity contribution in [3.05, 3.63) is 0 Å². The van der Waals surface area contributed by atoms with Crippen LogP contribution in [0.3, 0.4) is 0 Å². The zero-order valence-electron chi connectivity index (χ0n) is 47.6. The number of carbonyl (C=O) groups is 3. The molecule has 0 aromatic heterocycles. The van der Waals surface area contributed by atoms with Crippen molar-refractivity contribution in [3.8, 4) is 0 Å². The Hall–Kier alpha value is -1.59. The van der Waals surface area contributed by atoms with Crippen LogP contribution < -0.4 is 0 Å². The van der Waals surface area contributed by atoms with Gasteiger partial charge < -0.3 is 14.2 Å². The highest BCUT2D eigenvalue weighted by Crippen LogP contribution is 2.19. The van der Waals surface area contributed by atoms with Crippen LogP contribution in [0.4, 0.5) is 0 Å². The van der Waals surface area contributed by atoms with E-state index in [1.54, 1.807) is 0 Å². The Morgan fingerprint density at radius 3 is 0.754 bits per heavy atom. The van der Waals surface area contributed by atoms with Crippen molar-refractivity contribution >= 4 is 17.9 Å². The van der Waals surface area contributed by atoms with E-state index in [1.807, 2.05) is 0 Å². The fraction of sp³-hybridized carbons (Fsp3) is 0.952. The average molecular weight is 976 g/mol. The number of ether oxygens (including phenoxy) is 3. The highest BCUT2D eigenvalue weighted by molar-refractivity contribution is 5.71. The van der Waals surface area contributed by atoms with E-state index in [2.05, 4.69) is 41.5 Å². The lowest BCUT2D eigenvalue weighted by Crippen LogP contribution is -2.30. The van der Waals surface area contributed by atoms with Gasteiger partial charge in [0, 0.05) is 19.3 Å². The lowest BCUT2D eigenvalue weighted by atomic mass is 9.99. The quantitative estimate of drug-likeness (QED) is 0.0343. The predicted octanol–water partition coefficient (Wildman–Crippen LogP) is 20.7. The molecule has 0 aliphatic rings. The number of hydrogen-bond acceptors (Lipinski definition) is 6. The summed E-state index contributed by atoms with van der Waals surface area (Å²) in [6.07, 6.45) is 58.1. The summed E-state index contributed by atoms with van der Waals surface area (Å²) in [4.78, 5) is 38.2. The number of esters is 3. The second-order valence-corrected chi connectivity index (χ2v) is 22.9. The third-order valence-corrected chi connectivity index (χ3v) is 14.8. The smallest absolute Gasteiger partial charge is 0.306 e. The molecular formula is C63H122O6. The van der Waals surface area contributed by atoms with E-state index in [9.17, 15) is 14.4 Å². The van der Waals surface area contributed by atoms with Gasteiger partial charge in [-0.25, -0.2) is 0 Å². The molecule has 1 unspecified atom stereocenters. The first-order valence-corrected chi connectivity index (χ1v) is 31.1. The van der Waals surface area contributed by atoms with Crippen molar-refractivity contribution in [2.45, 2.75) is 356 Å². The molecule has 69 heavy (non-hydrogen) atoms. The molecule has 0 aliphatic heterocycles. The fourth-order valence-corrected chi connectivity index (χ4v) is 9.67. The van der Waals surface area contributed by atoms with E-state index in [1.165, 1.54) is 231 Å². The zero-order valence-corrected chi connectivity index (χ0v) is 47.6. The zero-order chi connectivity index (χ0) is 50.5. The van der Waals surface area contributed by atoms with E-state index in [-0.39, 0.29) is 31.1 Å². The van der Waals surface area contributed by atoms with Gasteiger partial charge in [-0.05, 0) is 37.0 Å². The number of rotatable bonds is 56. The minimum Gasteiger partial charge on any atom is -0.462 e. The topological polar surface area (TPSA) is 78.9 Å². The summed E-state index contributed by atoms with van der Waals surface area (Å²) in [5.74, 6) is 1.73. The number of unbranched alkanes of at least 4 members (excludes halogenated alkanes) is 38. The third-order valence-electron chi connectivity index (χ3n) is 14.8. The Morgan fingerprint density at radius 2 is 0.507 bits per heavy atom. The molecule has 0 fully saturated rings. The summed E-state index contributed by atoms with van der Waals surface area (Å²) < 4.78 is 16.9. The molecule has 6 nitrogen and oxygen atoms in total. The molecule has 0 aromatic rings. The van der Waals surface area contributed by atoms with Crippen molar-refractivity contribution < 1.29 is 28.6 Å². The Labute approximate surface area is 431 Å². The fourth-order valence-electron chi connectivity index (χ4n) is 9.67. The molecular weight excluding hydrogens is 853 g/mol. The largest absolute Gasteiger partial charge is 0.462 e.